The zero-order chi connectivity index (χ0) is 18.1. The van der Waals surface area contributed by atoms with Gasteiger partial charge in [-0.1, -0.05) is 6.08 Å². The third kappa shape index (κ3) is 3.94. The quantitative estimate of drug-likeness (QED) is 0.649. The molecule has 1 amide bonds. The standard InChI is InChI=1S/C16H23BFN3O3/c1-10(22)20-9-12(6-11-7-13(19)14(18)21-8-11)17-23-15(2,3)16(4,5)24-17/h6-8H,9,19H2,1-5H3,(H,20,22). The smallest absolute Gasteiger partial charge is 0.400 e. The molecule has 1 aromatic rings. The molecule has 0 unspecified atom stereocenters. The monoisotopic (exact) mass is 335 g/mol. The summed E-state index contributed by atoms with van der Waals surface area (Å²) in [6.45, 7) is 9.45. The van der Waals surface area contributed by atoms with E-state index in [4.69, 9.17) is 15.0 Å². The second kappa shape index (κ2) is 6.53. The summed E-state index contributed by atoms with van der Waals surface area (Å²) in [6, 6.07) is 1.47. The van der Waals surface area contributed by atoms with E-state index in [0.717, 1.165) is 0 Å². The molecule has 1 aromatic heterocycles. The number of hydrogen-bond acceptors (Lipinski definition) is 5. The second-order valence-electron chi connectivity index (χ2n) is 6.87. The number of hydrogen-bond donors (Lipinski definition) is 2. The highest BCUT2D eigenvalue weighted by atomic mass is 19.1. The summed E-state index contributed by atoms with van der Waals surface area (Å²) in [5, 5.41) is 2.73. The Hall–Kier alpha value is -1.93. The highest BCUT2D eigenvalue weighted by Crippen LogP contribution is 2.38. The van der Waals surface area contributed by atoms with Gasteiger partial charge in [-0.2, -0.15) is 4.39 Å². The first kappa shape index (κ1) is 18.4. The maximum atomic E-state index is 13.2. The Morgan fingerprint density at radius 1 is 1.38 bits per heavy atom. The number of pyridine rings is 1. The van der Waals surface area contributed by atoms with Crippen LogP contribution in [0, 0.1) is 5.95 Å². The van der Waals surface area contributed by atoms with Crippen molar-refractivity contribution in [3.63, 3.8) is 0 Å². The number of amides is 1. The van der Waals surface area contributed by atoms with Gasteiger partial charge in [0.25, 0.3) is 0 Å². The minimum Gasteiger partial charge on any atom is -0.400 e. The first-order chi connectivity index (χ1) is 11.0. The highest BCUT2D eigenvalue weighted by molar-refractivity contribution is 6.56. The predicted octanol–water partition coefficient (Wildman–Crippen LogP) is 1.95. The lowest BCUT2D eigenvalue weighted by Crippen LogP contribution is -2.41. The number of nitrogen functional groups attached to an aromatic ring is 1. The molecule has 6 nitrogen and oxygen atoms in total. The van der Waals surface area contributed by atoms with Gasteiger partial charge >= 0.3 is 7.12 Å². The normalized spacial score (nSPS) is 19.4. The Kier molecular flexibility index (Phi) is 5.01. The van der Waals surface area contributed by atoms with Gasteiger partial charge in [0.1, 0.15) is 0 Å². The number of nitrogens with zero attached hydrogens (tertiary/aromatic N) is 1. The molecule has 0 radical (unpaired) electrons. The Bertz CT molecular complexity index is 661. The van der Waals surface area contributed by atoms with Crippen molar-refractivity contribution in [1.82, 2.24) is 10.3 Å². The van der Waals surface area contributed by atoms with Crippen LogP contribution < -0.4 is 11.1 Å². The fourth-order valence-electron chi connectivity index (χ4n) is 2.20. The van der Waals surface area contributed by atoms with Gasteiger partial charge in [-0.25, -0.2) is 4.98 Å². The molecule has 2 heterocycles. The van der Waals surface area contributed by atoms with Gasteiger partial charge in [0.05, 0.1) is 16.9 Å². The van der Waals surface area contributed by atoms with Gasteiger partial charge in [0, 0.05) is 19.7 Å². The average molecular weight is 335 g/mol. The molecule has 8 heteroatoms. The lowest BCUT2D eigenvalue weighted by atomic mass is 9.77. The molecule has 3 N–H and O–H groups in total. The van der Waals surface area contributed by atoms with Crippen molar-refractivity contribution in [3.05, 3.63) is 29.2 Å². The van der Waals surface area contributed by atoms with E-state index in [2.05, 4.69) is 10.3 Å². The molecule has 1 saturated heterocycles. The van der Waals surface area contributed by atoms with Crippen molar-refractivity contribution in [2.45, 2.75) is 45.8 Å². The van der Waals surface area contributed by atoms with E-state index in [1.54, 1.807) is 6.08 Å². The van der Waals surface area contributed by atoms with Crippen LogP contribution in [0.2, 0.25) is 0 Å². The summed E-state index contributed by atoms with van der Waals surface area (Å²) >= 11 is 0. The summed E-state index contributed by atoms with van der Waals surface area (Å²) in [7, 11) is -0.631. The van der Waals surface area contributed by atoms with Crippen LogP contribution in [0.25, 0.3) is 6.08 Å². The summed E-state index contributed by atoms with van der Waals surface area (Å²) in [5.41, 5.74) is 5.79. The molecule has 0 aliphatic carbocycles. The summed E-state index contributed by atoms with van der Waals surface area (Å²) in [5.74, 6) is -0.889. The summed E-state index contributed by atoms with van der Waals surface area (Å²) in [6.07, 6.45) is 3.10. The Morgan fingerprint density at radius 3 is 2.46 bits per heavy atom. The Morgan fingerprint density at radius 2 is 1.96 bits per heavy atom. The van der Waals surface area contributed by atoms with Crippen molar-refractivity contribution >= 4 is 24.8 Å². The van der Waals surface area contributed by atoms with Crippen LogP contribution in [0.5, 0.6) is 0 Å². The number of nitrogens with two attached hydrogens (primary N) is 1. The largest absolute Gasteiger partial charge is 0.492 e. The van der Waals surface area contributed by atoms with Crippen LogP contribution in [0.15, 0.2) is 17.7 Å². The molecule has 0 spiro atoms. The van der Waals surface area contributed by atoms with Crippen LogP contribution in [-0.2, 0) is 14.1 Å². The molecule has 1 aliphatic rings. The molecule has 2 rings (SSSR count). The first-order valence-electron chi connectivity index (χ1n) is 7.73. The number of aromatic nitrogens is 1. The molecule has 0 bridgehead atoms. The van der Waals surface area contributed by atoms with Gasteiger partial charge < -0.3 is 20.4 Å². The number of halogens is 1. The average Bonchev–Trinajstić information content (AvgIpc) is 2.67. The first-order valence-corrected chi connectivity index (χ1v) is 7.73. The Balaban J connectivity index is 2.33. The molecule has 24 heavy (non-hydrogen) atoms. The van der Waals surface area contributed by atoms with Crippen molar-refractivity contribution in [2.75, 3.05) is 12.3 Å². The summed E-state index contributed by atoms with van der Waals surface area (Å²) in [4.78, 5) is 14.9. The minimum atomic E-state index is -0.716. The highest BCUT2D eigenvalue weighted by Gasteiger charge is 2.52. The molecule has 0 atom stereocenters. The predicted molar refractivity (Wildman–Crippen MR) is 91.4 cm³/mol. The van der Waals surface area contributed by atoms with E-state index in [0.29, 0.717) is 11.0 Å². The molecule has 0 saturated carbocycles. The lowest BCUT2D eigenvalue weighted by molar-refractivity contribution is -0.118. The van der Waals surface area contributed by atoms with Gasteiger partial charge in [0.15, 0.2) is 0 Å². The maximum absolute atomic E-state index is 13.2. The van der Waals surface area contributed by atoms with Gasteiger partial charge in [-0.05, 0) is 44.8 Å². The molecule has 1 fully saturated rings. The van der Waals surface area contributed by atoms with Crippen molar-refractivity contribution in [1.29, 1.82) is 0 Å². The Labute approximate surface area is 141 Å². The van der Waals surface area contributed by atoms with Gasteiger partial charge in [-0.15, -0.1) is 0 Å². The zero-order valence-corrected chi connectivity index (χ0v) is 14.6. The summed E-state index contributed by atoms with van der Waals surface area (Å²) < 4.78 is 25.3. The molecular weight excluding hydrogens is 312 g/mol. The molecule has 1 aliphatic heterocycles. The van der Waals surface area contributed by atoms with E-state index in [9.17, 15) is 9.18 Å². The van der Waals surface area contributed by atoms with Crippen LogP contribution in [0.4, 0.5) is 10.1 Å². The van der Waals surface area contributed by atoms with E-state index in [1.807, 2.05) is 27.7 Å². The van der Waals surface area contributed by atoms with E-state index < -0.39 is 24.3 Å². The zero-order valence-electron chi connectivity index (χ0n) is 14.6. The van der Waals surface area contributed by atoms with Gasteiger partial charge in [-0.3, -0.25) is 4.79 Å². The molecular formula is C16H23BFN3O3. The maximum Gasteiger partial charge on any atom is 0.492 e. The van der Waals surface area contributed by atoms with Crippen LogP contribution >= 0.6 is 0 Å². The second-order valence-corrected chi connectivity index (χ2v) is 6.87. The topological polar surface area (TPSA) is 86.5 Å². The fraction of sp³-hybridized carbons (Fsp3) is 0.500. The number of carbonyl (C=O) groups is 1. The van der Waals surface area contributed by atoms with E-state index in [-0.39, 0.29) is 18.1 Å². The van der Waals surface area contributed by atoms with E-state index >= 15 is 0 Å². The third-order valence-corrected chi connectivity index (χ3v) is 4.34. The van der Waals surface area contributed by atoms with Crippen molar-refractivity contribution in [3.8, 4) is 0 Å². The minimum absolute atomic E-state index is 0.0449. The van der Waals surface area contributed by atoms with Crippen LogP contribution in [0.3, 0.4) is 0 Å². The van der Waals surface area contributed by atoms with Crippen LogP contribution in [0.1, 0.15) is 40.2 Å². The van der Waals surface area contributed by atoms with E-state index in [1.165, 1.54) is 19.2 Å². The number of rotatable bonds is 4. The van der Waals surface area contributed by atoms with Crippen molar-refractivity contribution < 1.29 is 18.5 Å². The third-order valence-electron chi connectivity index (χ3n) is 4.34. The van der Waals surface area contributed by atoms with Crippen LogP contribution in [-0.4, -0.2) is 35.8 Å². The molecule has 130 valence electrons. The number of anilines is 1. The SMILES string of the molecule is CC(=O)NCC(=Cc1cnc(F)c(N)c1)B1OC(C)(C)C(C)(C)O1. The van der Waals surface area contributed by atoms with Gasteiger partial charge in [0.2, 0.25) is 11.9 Å². The molecule has 0 aromatic carbocycles. The number of carbonyl (C=O) groups excluding carboxylic acids is 1. The fourth-order valence-corrected chi connectivity index (χ4v) is 2.20. The van der Waals surface area contributed by atoms with Crippen molar-refractivity contribution in [2.24, 2.45) is 0 Å². The lowest BCUT2D eigenvalue weighted by Gasteiger charge is -2.32. The number of nitrogens with one attached hydrogen (secondary N) is 1.